The van der Waals surface area contributed by atoms with Crippen LogP contribution in [0.5, 0.6) is 0 Å². The number of ether oxygens (including phenoxy) is 1. The van der Waals surface area contributed by atoms with Crippen LogP contribution in [0.1, 0.15) is 0 Å². The summed E-state index contributed by atoms with van der Waals surface area (Å²) in [6.45, 7) is 6.73. The molecule has 84 valence electrons. The number of amides is 2. The van der Waals surface area contributed by atoms with Gasteiger partial charge in [-0.05, 0) is 0 Å². The smallest absolute Gasteiger partial charge is 0.267 e. The maximum atomic E-state index is 11.1. The molecule has 0 aromatic carbocycles. The van der Waals surface area contributed by atoms with Gasteiger partial charge >= 0.3 is 0 Å². The van der Waals surface area contributed by atoms with Crippen molar-refractivity contribution in [3.8, 4) is 0 Å². The first-order valence-corrected chi connectivity index (χ1v) is 4.02. The van der Waals surface area contributed by atoms with Gasteiger partial charge in [0.25, 0.3) is 11.8 Å². The van der Waals surface area contributed by atoms with Crippen molar-refractivity contribution < 1.29 is 14.3 Å². The van der Waals surface area contributed by atoms with Gasteiger partial charge in [0.15, 0.2) is 12.2 Å². The minimum absolute atomic E-state index is 0.623. The lowest BCUT2D eigenvalue weighted by Crippen LogP contribution is -2.45. The highest BCUT2D eigenvalue weighted by molar-refractivity contribution is 5.84. The topological polar surface area (TPSA) is 119 Å². The maximum absolute atomic E-state index is 11.1. The monoisotopic (exact) mass is 214 g/mol. The molecule has 0 saturated heterocycles. The van der Waals surface area contributed by atoms with E-state index < -0.39 is 24.0 Å². The van der Waals surface area contributed by atoms with E-state index in [0.717, 1.165) is 0 Å². The second-order valence-electron chi connectivity index (χ2n) is 2.47. The first kappa shape index (κ1) is 13.3. The van der Waals surface area contributed by atoms with Crippen molar-refractivity contribution >= 4 is 11.8 Å². The fourth-order valence-corrected chi connectivity index (χ4v) is 0.771. The van der Waals surface area contributed by atoms with Crippen LogP contribution in [0.25, 0.3) is 0 Å². The predicted octanol–water partition coefficient (Wildman–Crippen LogP) is -1.91. The summed E-state index contributed by atoms with van der Waals surface area (Å²) in [5.74, 6) is 8.54. The number of carbonyl (C=O) groups excluding carboxylic acids is 2. The lowest BCUT2D eigenvalue weighted by atomic mass is 10.3. The van der Waals surface area contributed by atoms with E-state index in [0.29, 0.717) is 0 Å². The molecule has 6 N–H and O–H groups in total. The summed E-state index contributed by atoms with van der Waals surface area (Å²) in [4.78, 5) is 22.2. The molecule has 0 radical (unpaired) electrons. The fraction of sp³-hybridized carbons (Fsp3) is 0.250. The van der Waals surface area contributed by atoms with Crippen molar-refractivity contribution in [2.75, 3.05) is 0 Å². The standard InChI is InChI=1S/C8H14N4O3/c1-3-5(7(13)11-9)15-6(4-2)8(14)12-10/h3-6H,1-2,9-10H2,(H,11,13)(H,12,14). The Bertz CT molecular complexity index is 241. The van der Waals surface area contributed by atoms with Gasteiger partial charge < -0.3 is 4.74 Å². The van der Waals surface area contributed by atoms with Gasteiger partial charge in [-0.3, -0.25) is 20.4 Å². The van der Waals surface area contributed by atoms with Gasteiger partial charge in [-0.2, -0.15) is 0 Å². The summed E-state index contributed by atoms with van der Waals surface area (Å²) in [5, 5.41) is 0. The van der Waals surface area contributed by atoms with Crippen molar-refractivity contribution in [2.24, 2.45) is 11.7 Å². The SMILES string of the molecule is C=CC(OC(C=C)C(=O)NN)C(=O)NN. The molecule has 7 heteroatoms. The quantitative estimate of drug-likeness (QED) is 0.178. The van der Waals surface area contributed by atoms with Crippen LogP contribution in [-0.4, -0.2) is 24.0 Å². The van der Waals surface area contributed by atoms with Crippen LogP contribution in [0.2, 0.25) is 0 Å². The molecule has 0 aromatic rings. The van der Waals surface area contributed by atoms with Crippen molar-refractivity contribution in [2.45, 2.75) is 12.2 Å². The molecule has 2 unspecified atom stereocenters. The second kappa shape index (κ2) is 6.71. The summed E-state index contributed by atoms with van der Waals surface area (Å²) >= 11 is 0. The predicted molar refractivity (Wildman–Crippen MR) is 53.7 cm³/mol. The van der Waals surface area contributed by atoms with Gasteiger partial charge in [0.2, 0.25) is 0 Å². The van der Waals surface area contributed by atoms with Gasteiger partial charge in [0, 0.05) is 0 Å². The summed E-state index contributed by atoms with van der Waals surface area (Å²) in [6.07, 6.45) is 0.302. The van der Waals surface area contributed by atoms with Crippen LogP contribution in [0.3, 0.4) is 0 Å². The molecule has 0 aromatic heterocycles. The van der Waals surface area contributed by atoms with Crippen LogP contribution >= 0.6 is 0 Å². The average molecular weight is 214 g/mol. The van der Waals surface area contributed by atoms with Gasteiger partial charge in [0.1, 0.15) is 0 Å². The largest absolute Gasteiger partial charge is 0.347 e. The zero-order chi connectivity index (χ0) is 11.8. The Kier molecular flexibility index (Phi) is 5.95. The van der Waals surface area contributed by atoms with E-state index in [4.69, 9.17) is 16.4 Å². The number of nitrogens with two attached hydrogens (primary N) is 2. The lowest BCUT2D eigenvalue weighted by Gasteiger charge is -2.17. The summed E-state index contributed by atoms with van der Waals surface area (Å²) in [6, 6.07) is 0. The third-order valence-electron chi connectivity index (χ3n) is 1.52. The molecule has 2 atom stereocenters. The lowest BCUT2D eigenvalue weighted by molar-refractivity contribution is -0.139. The Morgan fingerprint density at radius 3 is 1.60 bits per heavy atom. The van der Waals surface area contributed by atoms with E-state index in [9.17, 15) is 9.59 Å². The third-order valence-corrected chi connectivity index (χ3v) is 1.52. The minimum Gasteiger partial charge on any atom is -0.347 e. The highest BCUT2D eigenvalue weighted by atomic mass is 16.5. The number of rotatable bonds is 6. The normalized spacial score (nSPS) is 13.5. The van der Waals surface area contributed by atoms with E-state index in [1.165, 1.54) is 12.2 Å². The fourth-order valence-electron chi connectivity index (χ4n) is 0.771. The Balaban J connectivity index is 4.50. The molecule has 0 spiro atoms. The van der Waals surface area contributed by atoms with E-state index in [1.54, 1.807) is 0 Å². The van der Waals surface area contributed by atoms with E-state index in [1.807, 2.05) is 10.9 Å². The van der Waals surface area contributed by atoms with E-state index in [2.05, 4.69) is 13.2 Å². The van der Waals surface area contributed by atoms with Crippen LogP contribution < -0.4 is 22.5 Å². The minimum atomic E-state index is -1.05. The van der Waals surface area contributed by atoms with Crippen molar-refractivity contribution in [1.82, 2.24) is 10.9 Å². The average Bonchev–Trinajstić information content (AvgIpc) is 2.28. The molecular weight excluding hydrogens is 200 g/mol. The zero-order valence-electron chi connectivity index (χ0n) is 8.10. The summed E-state index contributed by atoms with van der Waals surface area (Å²) in [7, 11) is 0. The molecule has 2 amide bonds. The molecule has 0 rings (SSSR count). The molecule has 15 heavy (non-hydrogen) atoms. The van der Waals surface area contributed by atoms with Gasteiger partial charge in [-0.1, -0.05) is 25.3 Å². The molecule has 0 heterocycles. The van der Waals surface area contributed by atoms with E-state index in [-0.39, 0.29) is 0 Å². The highest BCUT2D eigenvalue weighted by Gasteiger charge is 2.22. The van der Waals surface area contributed by atoms with Crippen LogP contribution in [-0.2, 0) is 14.3 Å². The Morgan fingerprint density at radius 2 is 1.40 bits per heavy atom. The molecule has 0 saturated carbocycles. The van der Waals surface area contributed by atoms with Crippen molar-refractivity contribution in [1.29, 1.82) is 0 Å². The number of carbonyl (C=O) groups is 2. The van der Waals surface area contributed by atoms with Gasteiger partial charge in [-0.15, -0.1) is 0 Å². The maximum Gasteiger partial charge on any atom is 0.267 e. The highest BCUT2D eigenvalue weighted by Crippen LogP contribution is 2.01. The molecule has 0 bridgehead atoms. The second-order valence-corrected chi connectivity index (χ2v) is 2.47. The summed E-state index contributed by atoms with van der Waals surface area (Å²) < 4.78 is 5.03. The molecule has 0 fully saturated rings. The molecular formula is C8H14N4O3. The first-order chi connectivity index (χ1) is 7.10. The number of nitrogens with one attached hydrogen (secondary N) is 2. The number of hydrazine groups is 2. The van der Waals surface area contributed by atoms with Crippen molar-refractivity contribution in [3.05, 3.63) is 25.3 Å². The van der Waals surface area contributed by atoms with Gasteiger partial charge in [-0.25, -0.2) is 11.7 Å². The Labute approximate surface area is 87.1 Å². The number of hydrogen-bond donors (Lipinski definition) is 4. The number of hydrogen-bond acceptors (Lipinski definition) is 5. The van der Waals surface area contributed by atoms with Crippen LogP contribution in [0, 0.1) is 0 Å². The molecule has 7 nitrogen and oxygen atoms in total. The Morgan fingerprint density at radius 1 is 1.07 bits per heavy atom. The third kappa shape index (κ3) is 3.90. The van der Waals surface area contributed by atoms with Crippen molar-refractivity contribution in [3.63, 3.8) is 0 Å². The Hall–Kier alpha value is -1.70. The summed E-state index contributed by atoms with van der Waals surface area (Å²) in [5.41, 5.74) is 3.74. The van der Waals surface area contributed by atoms with Crippen LogP contribution in [0.4, 0.5) is 0 Å². The molecule has 0 aliphatic carbocycles. The zero-order valence-corrected chi connectivity index (χ0v) is 8.10. The molecule has 0 aliphatic rings. The first-order valence-electron chi connectivity index (χ1n) is 4.02. The van der Waals surface area contributed by atoms with Gasteiger partial charge in [0.05, 0.1) is 0 Å². The van der Waals surface area contributed by atoms with E-state index >= 15 is 0 Å². The molecule has 0 aliphatic heterocycles. The van der Waals surface area contributed by atoms with Crippen LogP contribution in [0.15, 0.2) is 25.3 Å².